The Labute approximate surface area is 107 Å². The molecule has 4 nitrogen and oxygen atoms in total. The molecule has 3 N–H and O–H groups in total. The Morgan fingerprint density at radius 1 is 1.44 bits per heavy atom. The quantitative estimate of drug-likeness (QED) is 0.762. The molecule has 18 heavy (non-hydrogen) atoms. The molecule has 0 spiro atoms. The van der Waals surface area contributed by atoms with Crippen LogP contribution in [0.15, 0.2) is 18.2 Å². The third-order valence-electron chi connectivity index (χ3n) is 3.52. The van der Waals surface area contributed by atoms with Crippen LogP contribution in [0.1, 0.15) is 35.2 Å². The number of nitrogens with one attached hydrogen (secondary N) is 1. The van der Waals surface area contributed by atoms with Crippen molar-refractivity contribution in [2.75, 3.05) is 6.54 Å². The highest BCUT2D eigenvalue weighted by Gasteiger charge is 2.23. The lowest BCUT2D eigenvalue weighted by Gasteiger charge is -2.12. The van der Waals surface area contributed by atoms with Crippen molar-refractivity contribution in [2.24, 2.45) is 5.92 Å². The van der Waals surface area contributed by atoms with Gasteiger partial charge >= 0.3 is 0 Å². The first-order chi connectivity index (χ1) is 8.56. The number of phenolic OH excluding ortho intramolecular Hbond substituents is 1. The molecule has 0 radical (unpaired) electrons. The third kappa shape index (κ3) is 3.01. The summed E-state index contributed by atoms with van der Waals surface area (Å²) in [6.45, 7) is 2.41. The standard InChI is InChI=1S/C14H19NO3/c1-9-6-11(16)4-5-13(9)14(18)15-8-10-2-3-12(17)7-10/h4-6,10,12,16-17H,2-3,7-8H2,1H3,(H,15,18). The molecule has 4 heteroatoms. The average Bonchev–Trinajstić information content (AvgIpc) is 2.72. The molecule has 98 valence electrons. The molecule has 1 aliphatic rings. The molecule has 1 aromatic rings. The van der Waals surface area contributed by atoms with Gasteiger partial charge in [-0.05, 0) is 55.9 Å². The Kier molecular flexibility index (Phi) is 3.87. The van der Waals surface area contributed by atoms with E-state index in [4.69, 9.17) is 0 Å². The lowest BCUT2D eigenvalue weighted by Crippen LogP contribution is -2.29. The monoisotopic (exact) mass is 249 g/mol. The first-order valence-electron chi connectivity index (χ1n) is 6.32. The van der Waals surface area contributed by atoms with Crippen LogP contribution >= 0.6 is 0 Å². The van der Waals surface area contributed by atoms with Gasteiger partial charge in [0.15, 0.2) is 0 Å². The van der Waals surface area contributed by atoms with E-state index in [1.165, 1.54) is 6.07 Å². The Balaban J connectivity index is 1.91. The third-order valence-corrected chi connectivity index (χ3v) is 3.52. The van der Waals surface area contributed by atoms with Crippen molar-refractivity contribution in [3.05, 3.63) is 29.3 Å². The molecular formula is C14H19NO3. The number of phenols is 1. The number of aliphatic hydroxyl groups excluding tert-OH is 1. The van der Waals surface area contributed by atoms with Gasteiger partial charge in [-0.1, -0.05) is 0 Å². The van der Waals surface area contributed by atoms with Crippen LogP contribution in [0, 0.1) is 12.8 Å². The summed E-state index contributed by atoms with van der Waals surface area (Å²) in [6, 6.07) is 4.72. The summed E-state index contributed by atoms with van der Waals surface area (Å²) in [6.07, 6.45) is 2.37. The summed E-state index contributed by atoms with van der Waals surface area (Å²) >= 11 is 0. The molecule has 0 heterocycles. The van der Waals surface area contributed by atoms with E-state index >= 15 is 0 Å². The van der Waals surface area contributed by atoms with Gasteiger partial charge in [0.1, 0.15) is 5.75 Å². The number of carbonyl (C=O) groups is 1. The van der Waals surface area contributed by atoms with Crippen molar-refractivity contribution in [3.63, 3.8) is 0 Å². The topological polar surface area (TPSA) is 69.6 Å². The number of aryl methyl sites for hydroxylation is 1. The van der Waals surface area contributed by atoms with E-state index < -0.39 is 0 Å². The largest absolute Gasteiger partial charge is 0.508 e. The van der Waals surface area contributed by atoms with Crippen molar-refractivity contribution < 1.29 is 15.0 Å². The van der Waals surface area contributed by atoms with Crippen LogP contribution in [0.25, 0.3) is 0 Å². The first-order valence-corrected chi connectivity index (χ1v) is 6.32. The number of rotatable bonds is 3. The summed E-state index contributed by atoms with van der Waals surface area (Å²) < 4.78 is 0. The Hall–Kier alpha value is -1.55. The molecule has 0 aromatic heterocycles. The van der Waals surface area contributed by atoms with Crippen LogP contribution in [0.4, 0.5) is 0 Å². The molecule has 1 saturated carbocycles. The van der Waals surface area contributed by atoms with E-state index in [0.717, 1.165) is 24.8 Å². The zero-order valence-corrected chi connectivity index (χ0v) is 10.5. The minimum absolute atomic E-state index is 0.117. The Morgan fingerprint density at radius 2 is 2.22 bits per heavy atom. The number of carbonyl (C=O) groups excluding carboxylic acids is 1. The van der Waals surface area contributed by atoms with E-state index in [1.807, 2.05) is 0 Å². The molecule has 1 fully saturated rings. The van der Waals surface area contributed by atoms with Crippen LogP contribution < -0.4 is 5.32 Å². The Morgan fingerprint density at radius 3 is 2.83 bits per heavy atom. The summed E-state index contributed by atoms with van der Waals surface area (Å²) in [5, 5.41) is 21.6. The fourth-order valence-electron chi connectivity index (χ4n) is 2.47. The SMILES string of the molecule is Cc1cc(O)ccc1C(=O)NCC1CCC(O)C1. The van der Waals surface area contributed by atoms with Crippen molar-refractivity contribution >= 4 is 5.91 Å². The van der Waals surface area contributed by atoms with Gasteiger partial charge in [-0.25, -0.2) is 0 Å². The van der Waals surface area contributed by atoms with Crippen molar-refractivity contribution in [1.82, 2.24) is 5.32 Å². The zero-order valence-electron chi connectivity index (χ0n) is 10.5. The van der Waals surface area contributed by atoms with Gasteiger partial charge in [-0.2, -0.15) is 0 Å². The predicted octanol–water partition coefficient (Wildman–Crippen LogP) is 1.59. The molecule has 2 unspecified atom stereocenters. The van der Waals surface area contributed by atoms with Crippen molar-refractivity contribution in [1.29, 1.82) is 0 Å². The highest BCUT2D eigenvalue weighted by molar-refractivity contribution is 5.95. The minimum Gasteiger partial charge on any atom is -0.508 e. The van der Waals surface area contributed by atoms with Gasteiger partial charge in [0.2, 0.25) is 0 Å². The van der Waals surface area contributed by atoms with Crippen LogP contribution in [0.3, 0.4) is 0 Å². The fraction of sp³-hybridized carbons (Fsp3) is 0.500. The summed E-state index contributed by atoms with van der Waals surface area (Å²) in [5.74, 6) is 0.429. The Bertz CT molecular complexity index is 445. The molecule has 1 aliphatic carbocycles. The second-order valence-corrected chi connectivity index (χ2v) is 5.04. The van der Waals surface area contributed by atoms with Crippen LogP contribution in [0.2, 0.25) is 0 Å². The molecule has 1 amide bonds. The number of aromatic hydroxyl groups is 1. The summed E-state index contributed by atoms with van der Waals surface area (Å²) in [7, 11) is 0. The van der Waals surface area contributed by atoms with Crippen LogP contribution in [-0.4, -0.2) is 28.8 Å². The van der Waals surface area contributed by atoms with E-state index in [0.29, 0.717) is 18.0 Å². The first kappa shape index (κ1) is 12.9. The maximum Gasteiger partial charge on any atom is 0.251 e. The molecular weight excluding hydrogens is 230 g/mol. The lowest BCUT2D eigenvalue weighted by atomic mass is 10.1. The maximum atomic E-state index is 12.0. The molecule has 2 atom stereocenters. The van der Waals surface area contributed by atoms with Crippen LogP contribution in [0.5, 0.6) is 5.75 Å². The fourth-order valence-corrected chi connectivity index (χ4v) is 2.47. The van der Waals surface area contributed by atoms with E-state index in [-0.39, 0.29) is 17.8 Å². The molecule has 0 aliphatic heterocycles. The van der Waals surface area contributed by atoms with Gasteiger partial charge < -0.3 is 15.5 Å². The lowest BCUT2D eigenvalue weighted by molar-refractivity contribution is 0.0944. The highest BCUT2D eigenvalue weighted by Crippen LogP contribution is 2.24. The minimum atomic E-state index is -0.206. The summed E-state index contributed by atoms with van der Waals surface area (Å²) in [5.41, 5.74) is 1.35. The predicted molar refractivity (Wildman–Crippen MR) is 68.5 cm³/mol. The van der Waals surface area contributed by atoms with Gasteiger partial charge in [0.05, 0.1) is 6.10 Å². The highest BCUT2D eigenvalue weighted by atomic mass is 16.3. The number of benzene rings is 1. The maximum absolute atomic E-state index is 12.0. The number of hydrogen-bond donors (Lipinski definition) is 3. The van der Waals surface area contributed by atoms with Crippen molar-refractivity contribution in [3.8, 4) is 5.75 Å². The number of aliphatic hydroxyl groups is 1. The number of hydrogen-bond acceptors (Lipinski definition) is 3. The zero-order chi connectivity index (χ0) is 13.1. The molecule has 2 rings (SSSR count). The second kappa shape index (κ2) is 5.40. The van der Waals surface area contributed by atoms with Crippen molar-refractivity contribution in [2.45, 2.75) is 32.3 Å². The molecule has 0 bridgehead atoms. The van der Waals surface area contributed by atoms with Gasteiger partial charge in [-0.3, -0.25) is 4.79 Å². The van der Waals surface area contributed by atoms with E-state index in [2.05, 4.69) is 5.32 Å². The molecule has 1 aromatic carbocycles. The van der Waals surface area contributed by atoms with Gasteiger partial charge in [0.25, 0.3) is 5.91 Å². The van der Waals surface area contributed by atoms with Gasteiger partial charge in [-0.15, -0.1) is 0 Å². The van der Waals surface area contributed by atoms with Crippen LogP contribution in [-0.2, 0) is 0 Å². The normalized spacial score (nSPS) is 23.0. The summed E-state index contributed by atoms with van der Waals surface area (Å²) in [4.78, 5) is 12.0. The molecule has 0 saturated heterocycles. The second-order valence-electron chi connectivity index (χ2n) is 5.04. The smallest absolute Gasteiger partial charge is 0.251 e. The van der Waals surface area contributed by atoms with Gasteiger partial charge in [0, 0.05) is 12.1 Å². The van der Waals surface area contributed by atoms with E-state index in [1.54, 1.807) is 19.1 Å². The average molecular weight is 249 g/mol. The number of amides is 1. The van der Waals surface area contributed by atoms with E-state index in [9.17, 15) is 15.0 Å².